The summed E-state index contributed by atoms with van der Waals surface area (Å²) in [7, 11) is 0. The number of nitrogens with zero attached hydrogens (tertiary/aromatic N) is 1. The number of nitro groups is 1. The summed E-state index contributed by atoms with van der Waals surface area (Å²) in [4.78, 5) is 47.1. The maximum absolute atomic E-state index is 13.6. The fourth-order valence-corrected chi connectivity index (χ4v) is 3.01. The van der Waals surface area contributed by atoms with E-state index in [2.05, 4.69) is 10.6 Å². The van der Waals surface area contributed by atoms with Crippen LogP contribution in [0, 0.1) is 21.7 Å². The van der Waals surface area contributed by atoms with Crippen molar-refractivity contribution in [3.05, 3.63) is 98.6 Å². The molecule has 2 amide bonds. The number of nitrogens with one attached hydrogen (secondary N) is 2. The van der Waals surface area contributed by atoms with Crippen LogP contribution < -0.4 is 10.6 Å². The number of carbonyl (C=O) groups is 3. The van der Waals surface area contributed by atoms with E-state index in [0.29, 0.717) is 0 Å². The van der Waals surface area contributed by atoms with E-state index in [1.54, 1.807) is 0 Å². The molecule has 9 nitrogen and oxygen atoms in total. The van der Waals surface area contributed by atoms with E-state index in [4.69, 9.17) is 16.3 Å². The first-order valence-corrected chi connectivity index (χ1v) is 9.80. The lowest BCUT2D eigenvalue weighted by Crippen LogP contribution is -2.22. The van der Waals surface area contributed by atoms with E-state index < -0.39 is 46.6 Å². The van der Waals surface area contributed by atoms with Gasteiger partial charge in [-0.2, -0.15) is 0 Å². The molecule has 0 aliphatic rings. The monoisotopic (exact) mass is 489 g/mol. The molecule has 0 unspecified atom stereocenters. The highest BCUT2D eigenvalue weighted by Crippen LogP contribution is 2.24. The number of anilines is 2. The van der Waals surface area contributed by atoms with Crippen molar-refractivity contribution in [1.82, 2.24) is 0 Å². The molecule has 3 aromatic carbocycles. The summed E-state index contributed by atoms with van der Waals surface area (Å²) < 4.78 is 31.7. The molecular weight excluding hydrogens is 476 g/mol. The second kappa shape index (κ2) is 10.5. The predicted octanol–water partition coefficient (Wildman–Crippen LogP) is 4.57. The fourth-order valence-electron chi connectivity index (χ4n) is 2.75. The Hall–Kier alpha value is -4.38. The smallest absolute Gasteiger partial charge is 0.340 e. The number of carbonyl (C=O) groups excluding carboxylic acids is 3. The number of ether oxygens (including phenoxy) is 1. The van der Waals surface area contributed by atoms with Gasteiger partial charge < -0.3 is 15.4 Å². The third-order valence-electron chi connectivity index (χ3n) is 4.34. The van der Waals surface area contributed by atoms with Crippen LogP contribution in [0.5, 0.6) is 0 Å². The number of hydrogen-bond acceptors (Lipinski definition) is 6. The van der Waals surface area contributed by atoms with E-state index in [-0.39, 0.29) is 27.5 Å². The molecule has 174 valence electrons. The van der Waals surface area contributed by atoms with E-state index >= 15 is 0 Å². The molecule has 0 radical (unpaired) electrons. The number of non-ortho nitro benzene ring substituents is 1. The SMILES string of the molecule is O=C(COC(=O)c1ccccc1NC(=O)c1ccc([N+](=O)[O-])cc1Cl)Nc1cc(F)ccc1F. The van der Waals surface area contributed by atoms with Crippen molar-refractivity contribution in [2.45, 2.75) is 0 Å². The highest BCUT2D eigenvalue weighted by Gasteiger charge is 2.19. The first-order valence-electron chi connectivity index (χ1n) is 9.42. The number of rotatable bonds is 7. The second-order valence-corrected chi connectivity index (χ2v) is 7.08. The minimum absolute atomic E-state index is 0.0171. The highest BCUT2D eigenvalue weighted by molar-refractivity contribution is 6.34. The molecule has 0 aliphatic heterocycles. The van der Waals surface area contributed by atoms with Crippen LogP contribution in [-0.2, 0) is 9.53 Å². The molecule has 0 bridgehead atoms. The zero-order chi connectivity index (χ0) is 24.8. The summed E-state index contributed by atoms with van der Waals surface area (Å²) in [5.41, 5.74) is -0.898. The number of esters is 1. The van der Waals surface area contributed by atoms with E-state index in [1.807, 2.05) is 0 Å². The molecule has 0 fully saturated rings. The van der Waals surface area contributed by atoms with Crippen LogP contribution in [-0.4, -0.2) is 29.3 Å². The van der Waals surface area contributed by atoms with Crippen LogP contribution in [0.15, 0.2) is 60.7 Å². The van der Waals surface area contributed by atoms with E-state index in [1.165, 1.54) is 24.3 Å². The quantitative estimate of drug-likeness (QED) is 0.284. The summed E-state index contributed by atoms with van der Waals surface area (Å²) in [5.74, 6) is -4.30. The molecule has 3 aromatic rings. The number of benzene rings is 3. The predicted molar refractivity (Wildman–Crippen MR) is 118 cm³/mol. The second-order valence-electron chi connectivity index (χ2n) is 6.67. The van der Waals surface area contributed by atoms with Crippen molar-refractivity contribution in [3.63, 3.8) is 0 Å². The van der Waals surface area contributed by atoms with Crippen LogP contribution in [0.4, 0.5) is 25.8 Å². The first-order chi connectivity index (χ1) is 16.2. The fraction of sp³-hybridized carbons (Fsp3) is 0.0455. The van der Waals surface area contributed by atoms with Gasteiger partial charge in [0.2, 0.25) is 0 Å². The lowest BCUT2D eigenvalue weighted by molar-refractivity contribution is -0.384. The largest absolute Gasteiger partial charge is 0.452 e. The molecule has 0 aromatic heterocycles. The Morgan fingerprint density at radius 2 is 1.68 bits per heavy atom. The minimum Gasteiger partial charge on any atom is -0.452 e. The maximum Gasteiger partial charge on any atom is 0.340 e. The van der Waals surface area contributed by atoms with Gasteiger partial charge in [0.15, 0.2) is 6.61 Å². The average molecular weight is 490 g/mol. The van der Waals surface area contributed by atoms with Crippen molar-refractivity contribution in [1.29, 1.82) is 0 Å². The Labute approximate surface area is 195 Å². The van der Waals surface area contributed by atoms with Crippen LogP contribution in [0.3, 0.4) is 0 Å². The van der Waals surface area contributed by atoms with Crippen LogP contribution in [0.1, 0.15) is 20.7 Å². The molecule has 12 heteroatoms. The zero-order valence-electron chi connectivity index (χ0n) is 17.0. The van der Waals surface area contributed by atoms with Gasteiger partial charge in [-0.25, -0.2) is 13.6 Å². The third kappa shape index (κ3) is 5.90. The van der Waals surface area contributed by atoms with E-state index in [9.17, 15) is 33.3 Å². The number of amides is 2. The van der Waals surface area contributed by atoms with Gasteiger partial charge in [0.25, 0.3) is 17.5 Å². The molecule has 2 N–H and O–H groups in total. The van der Waals surface area contributed by atoms with Gasteiger partial charge in [0, 0.05) is 18.2 Å². The van der Waals surface area contributed by atoms with Crippen molar-refractivity contribution >= 4 is 46.4 Å². The van der Waals surface area contributed by atoms with Crippen molar-refractivity contribution < 1.29 is 32.8 Å². The van der Waals surface area contributed by atoms with Gasteiger partial charge in [-0.3, -0.25) is 19.7 Å². The summed E-state index contributed by atoms with van der Waals surface area (Å²) in [6, 6.07) is 11.4. The van der Waals surface area contributed by atoms with Crippen molar-refractivity contribution in [2.24, 2.45) is 0 Å². The van der Waals surface area contributed by atoms with Crippen LogP contribution in [0.2, 0.25) is 5.02 Å². The molecule has 0 saturated carbocycles. The molecule has 0 atom stereocenters. The highest BCUT2D eigenvalue weighted by atomic mass is 35.5. The minimum atomic E-state index is -0.986. The summed E-state index contributed by atoms with van der Waals surface area (Å²) >= 11 is 5.96. The van der Waals surface area contributed by atoms with Gasteiger partial charge in [0.05, 0.1) is 32.4 Å². The number of halogens is 3. The molecule has 3 rings (SSSR count). The lowest BCUT2D eigenvalue weighted by Gasteiger charge is -2.12. The molecule has 0 saturated heterocycles. The Bertz CT molecular complexity index is 1300. The number of para-hydroxylation sites is 1. The topological polar surface area (TPSA) is 128 Å². The molecule has 0 spiro atoms. The molecular formula is C22H14ClF2N3O6. The first kappa shape index (κ1) is 24.3. The zero-order valence-corrected chi connectivity index (χ0v) is 17.8. The standard InChI is InChI=1S/C22H14ClF2N3O6/c23-16-10-13(28(32)33)6-7-14(16)21(30)27-18-4-2-1-3-15(18)22(31)34-11-20(29)26-19-9-12(24)5-8-17(19)25/h1-10H,11H2,(H,26,29)(H,27,30). The summed E-state index contributed by atoms with van der Waals surface area (Å²) in [5, 5.41) is 15.2. The molecule has 0 heterocycles. The Kier molecular flexibility index (Phi) is 7.49. The Morgan fingerprint density at radius 1 is 0.941 bits per heavy atom. The van der Waals surface area contributed by atoms with Gasteiger partial charge in [0.1, 0.15) is 11.6 Å². The van der Waals surface area contributed by atoms with E-state index in [0.717, 1.165) is 36.4 Å². The Balaban J connectivity index is 1.68. The van der Waals surface area contributed by atoms with Crippen LogP contribution >= 0.6 is 11.6 Å². The van der Waals surface area contributed by atoms with Gasteiger partial charge in [-0.1, -0.05) is 23.7 Å². The summed E-state index contributed by atoms with van der Waals surface area (Å²) in [6.07, 6.45) is 0. The van der Waals surface area contributed by atoms with Crippen molar-refractivity contribution in [3.8, 4) is 0 Å². The molecule has 0 aliphatic carbocycles. The normalized spacial score (nSPS) is 10.3. The van der Waals surface area contributed by atoms with Gasteiger partial charge in [-0.05, 0) is 30.3 Å². The Morgan fingerprint density at radius 3 is 2.38 bits per heavy atom. The number of nitro benzene ring substituents is 1. The van der Waals surface area contributed by atoms with Crippen LogP contribution in [0.25, 0.3) is 0 Å². The maximum atomic E-state index is 13.6. The van der Waals surface area contributed by atoms with Gasteiger partial charge >= 0.3 is 5.97 Å². The number of hydrogen-bond donors (Lipinski definition) is 2. The van der Waals surface area contributed by atoms with Gasteiger partial charge in [-0.15, -0.1) is 0 Å². The van der Waals surface area contributed by atoms with Crippen molar-refractivity contribution in [2.75, 3.05) is 17.2 Å². The lowest BCUT2D eigenvalue weighted by atomic mass is 10.1. The third-order valence-corrected chi connectivity index (χ3v) is 4.65. The summed E-state index contributed by atoms with van der Waals surface area (Å²) in [6.45, 7) is -0.814. The average Bonchev–Trinajstić information content (AvgIpc) is 2.80. The molecule has 34 heavy (non-hydrogen) atoms.